The van der Waals surface area contributed by atoms with Crippen LogP contribution in [-0.4, -0.2) is 16.9 Å². The summed E-state index contributed by atoms with van der Waals surface area (Å²) >= 11 is 0. The summed E-state index contributed by atoms with van der Waals surface area (Å²) in [4.78, 5) is 15.4. The van der Waals surface area contributed by atoms with Crippen molar-refractivity contribution >= 4 is 16.8 Å². The zero-order valence-electron chi connectivity index (χ0n) is 10.3. The number of benzene rings is 1. The highest BCUT2D eigenvalue weighted by atomic mass is 16.1. The van der Waals surface area contributed by atoms with E-state index in [1.54, 1.807) is 6.20 Å². The van der Waals surface area contributed by atoms with Crippen LogP contribution in [0.3, 0.4) is 0 Å². The van der Waals surface area contributed by atoms with Crippen LogP contribution < -0.4 is 5.32 Å². The molecule has 1 aromatic carbocycles. The highest BCUT2D eigenvalue weighted by molar-refractivity contribution is 6.06. The number of aromatic amines is 1. The van der Waals surface area contributed by atoms with Crippen molar-refractivity contribution in [3.8, 4) is 0 Å². The summed E-state index contributed by atoms with van der Waals surface area (Å²) in [5.74, 6) is 0.0237. The second kappa shape index (κ2) is 4.84. The van der Waals surface area contributed by atoms with Gasteiger partial charge in [0.05, 0.1) is 5.56 Å². The Morgan fingerprint density at radius 3 is 3.00 bits per heavy atom. The fourth-order valence-corrected chi connectivity index (χ4v) is 2.58. The van der Waals surface area contributed by atoms with Crippen molar-refractivity contribution < 1.29 is 4.79 Å². The minimum Gasteiger partial charge on any atom is -0.360 e. The molecule has 1 aliphatic rings. The van der Waals surface area contributed by atoms with Crippen LogP contribution >= 0.6 is 0 Å². The number of fused-ring (bicyclic) bond motifs is 1. The molecule has 3 rings (SSSR count). The third-order valence-electron chi connectivity index (χ3n) is 3.57. The number of hydrogen-bond acceptors (Lipinski definition) is 1. The zero-order chi connectivity index (χ0) is 12.4. The Kier molecular flexibility index (Phi) is 3.05. The fraction of sp³-hybridized carbons (Fsp3) is 0.333. The summed E-state index contributed by atoms with van der Waals surface area (Å²) < 4.78 is 0. The minimum atomic E-state index is 0.0237. The lowest BCUT2D eigenvalue weighted by molar-refractivity contribution is 0.0939. The zero-order valence-corrected chi connectivity index (χ0v) is 10.3. The van der Waals surface area contributed by atoms with Crippen LogP contribution in [0.4, 0.5) is 0 Å². The largest absolute Gasteiger partial charge is 0.360 e. The molecule has 0 spiro atoms. The van der Waals surface area contributed by atoms with E-state index in [-0.39, 0.29) is 11.9 Å². The number of rotatable bonds is 2. The van der Waals surface area contributed by atoms with Crippen molar-refractivity contribution in [3.05, 3.63) is 42.4 Å². The number of hydrogen-bond donors (Lipinski definition) is 2. The Hall–Kier alpha value is -1.77. The first-order valence-electron chi connectivity index (χ1n) is 6.55. The maximum absolute atomic E-state index is 12.2. The van der Waals surface area contributed by atoms with Gasteiger partial charge in [-0.05, 0) is 25.3 Å². The molecule has 0 aliphatic heterocycles. The molecule has 2 aromatic rings. The first-order chi connectivity index (χ1) is 8.84. The number of amides is 1. The summed E-state index contributed by atoms with van der Waals surface area (Å²) in [7, 11) is 0. The number of carbonyl (C=O) groups excluding carboxylic acids is 1. The molecule has 0 unspecified atom stereocenters. The summed E-state index contributed by atoms with van der Waals surface area (Å²) in [6.45, 7) is 0. The lowest BCUT2D eigenvalue weighted by Gasteiger charge is -2.22. The van der Waals surface area contributed by atoms with Gasteiger partial charge in [-0.2, -0.15) is 0 Å². The molecule has 1 atom stereocenters. The Labute approximate surface area is 107 Å². The molecule has 18 heavy (non-hydrogen) atoms. The molecule has 1 heterocycles. The van der Waals surface area contributed by atoms with Crippen LogP contribution in [0.2, 0.25) is 0 Å². The van der Waals surface area contributed by atoms with E-state index in [0.29, 0.717) is 0 Å². The SMILES string of the molecule is O=C(N[C@H]1[CH]CCCC1)c1c[nH]c2ccccc12. The number of carbonyl (C=O) groups is 1. The normalized spacial score (nSPS) is 16.9. The van der Waals surface area contributed by atoms with E-state index in [1.807, 2.05) is 24.3 Å². The van der Waals surface area contributed by atoms with Crippen molar-refractivity contribution in [2.45, 2.75) is 31.7 Å². The predicted octanol–water partition coefficient (Wildman–Crippen LogP) is 3.04. The Morgan fingerprint density at radius 1 is 1.28 bits per heavy atom. The van der Waals surface area contributed by atoms with Gasteiger partial charge >= 0.3 is 0 Å². The molecule has 1 fully saturated rings. The van der Waals surface area contributed by atoms with Gasteiger partial charge in [0.2, 0.25) is 0 Å². The average Bonchev–Trinajstić information content (AvgIpc) is 2.84. The van der Waals surface area contributed by atoms with Crippen LogP contribution in [0.15, 0.2) is 30.5 Å². The summed E-state index contributed by atoms with van der Waals surface area (Å²) in [6.07, 6.45) is 8.64. The van der Waals surface area contributed by atoms with E-state index >= 15 is 0 Å². The van der Waals surface area contributed by atoms with E-state index < -0.39 is 0 Å². The standard InChI is InChI=1S/C15H17N2O/c18-15(17-11-6-2-1-3-7-11)13-10-16-14-9-5-4-8-12(13)14/h4-6,8-11,16H,1-3,7H2,(H,17,18)/t11-/m0/s1. The topological polar surface area (TPSA) is 44.9 Å². The number of nitrogens with one attached hydrogen (secondary N) is 2. The third-order valence-corrected chi connectivity index (χ3v) is 3.57. The number of H-pyrrole nitrogens is 1. The lowest BCUT2D eigenvalue weighted by Crippen LogP contribution is -2.36. The van der Waals surface area contributed by atoms with Crippen LogP contribution in [0.1, 0.15) is 36.0 Å². The van der Waals surface area contributed by atoms with Gasteiger partial charge in [-0.15, -0.1) is 0 Å². The Bertz CT molecular complexity index is 552. The monoisotopic (exact) mass is 241 g/mol. The third kappa shape index (κ3) is 2.13. The highest BCUT2D eigenvalue weighted by Crippen LogP contribution is 2.20. The van der Waals surface area contributed by atoms with Crippen LogP contribution in [-0.2, 0) is 0 Å². The molecular formula is C15H17N2O. The molecule has 1 aromatic heterocycles. The van der Waals surface area contributed by atoms with Crippen molar-refractivity contribution in [1.82, 2.24) is 10.3 Å². The van der Waals surface area contributed by atoms with Crippen LogP contribution in [0.25, 0.3) is 10.9 Å². The molecule has 0 saturated heterocycles. The average molecular weight is 241 g/mol. The van der Waals surface area contributed by atoms with E-state index in [9.17, 15) is 4.79 Å². The maximum atomic E-state index is 12.2. The molecular weight excluding hydrogens is 224 g/mol. The summed E-state index contributed by atoms with van der Waals surface area (Å²) in [5, 5.41) is 4.09. The van der Waals surface area contributed by atoms with E-state index in [4.69, 9.17) is 0 Å². The van der Waals surface area contributed by atoms with Crippen molar-refractivity contribution in [2.75, 3.05) is 0 Å². The maximum Gasteiger partial charge on any atom is 0.253 e. The fourth-order valence-electron chi connectivity index (χ4n) is 2.58. The van der Waals surface area contributed by atoms with Gasteiger partial charge in [0.25, 0.3) is 5.91 Å². The van der Waals surface area contributed by atoms with Crippen molar-refractivity contribution in [1.29, 1.82) is 0 Å². The van der Waals surface area contributed by atoms with E-state index in [2.05, 4.69) is 16.7 Å². The molecule has 93 valence electrons. The minimum absolute atomic E-state index is 0.0237. The highest BCUT2D eigenvalue weighted by Gasteiger charge is 2.18. The predicted molar refractivity (Wildman–Crippen MR) is 72.3 cm³/mol. The van der Waals surface area contributed by atoms with Gasteiger partial charge in [0, 0.05) is 23.1 Å². The van der Waals surface area contributed by atoms with Crippen LogP contribution in [0.5, 0.6) is 0 Å². The van der Waals surface area contributed by atoms with Crippen LogP contribution in [0, 0.1) is 6.42 Å². The first-order valence-corrected chi connectivity index (χ1v) is 6.55. The Balaban J connectivity index is 1.79. The van der Waals surface area contributed by atoms with Gasteiger partial charge in [-0.3, -0.25) is 4.79 Å². The molecule has 2 N–H and O–H groups in total. The molecule has 3 nitrogen and oxygen atoms in total. The van der Waals surface area contributed by atoms with Crippen molar-refractivity contribution in [3.63, 3.8) is 0 Å². The molecule has 1 amide bonds. The second-order valence-electron chi connectivity index (χ2n) is 4.85. The first kappa shape index (κ1) is 11.3. The Morgan fingerprint density at radius 2 is 2.17 bits per heavy atom. The van der Waals surface area contributed by atoms with E-state index in [0.717, 1.165) is 29.3 Å². The number of para-hydroxylation sites is 1. The van der Waals surface area contributed by atoms with Gasteiger partial charge in [0.15, 0.2) is 0 Å². The smallest absolute Gasteiger partial charge is 0.253 e. The summed E-state index contributed by atoms with van der Waals surface area (Å²) in [5.41, 5.74) is 1.75. The van der Waals surface area contributed by atoms with Gasteiger partial charge in [-0.25, -0.2) is 0 Å². The number of aromatic nitrogens is 1. The molecule has 1 saturated carbocycles. The lowest BCUT2D eigenvalue weighted by atomic mass is 9.95. The van der Waals surface area contributed by atoms with Gasteiger partial charge < -0.3 is 10.3 Å². The van der Waals surface area contributed by atoms with Crippen molar-refractivity contribution in [2.24, 2.45) is 0 Å². The molecule has 1 radical (unpaired) electrons. The van der Waals surface area contributed by atoms with E-state index in [1.165, 1.54) is 12.8 Å². The quantitative estimate of drug-likeness (QED) is 0.834. The summed E-state index contributed by atoms with van der Waals surface area (Å²) in [6, 6.07) is 8.12. The molecule has 1 aliphatic carbocycles. The molecule has 3 heteroatoms. The second-order valence-corrected chi connectivity index (χ2v) is 4.85. The van der Waals surface area contributed by atoms with Gasteiger partial charge in [0.1, 0.15) is 0 Å². The molecule has 0 bridgehead atoms. The van der Waals surface area contributed by atoms with Gasteiger partial charge in [-0.1, -0.05) is 31.0 Å².